The maximum absolute atomic E-state index is 16.6. The first-order valence-electron chi connectivity index (χ1n) is 40.8. The summed E-state index contributed by atoms with van der Waals surface area (Å²) in [6.45, 7) is 5.49. The number of aromatic hydroxyl groups is 3. The minimum Gasteiger partial charge on any atom is -0.508 e. The van der Waals surface area contributed by atoms with Crippen molar-refractivity contribution in [1.29, 1.82) is 0 Å². The smallest absolute Gasteiger partial charge is 0.257 e. The van der Waals surface area contributed by atoms with Crippen LogP contribution in [-0.2, 0) is 47.8 Å². The maximum atomic E-state index is 16.6. The van der Waals surface area contributed by atoms with Crippen molar-refractivity contribution >= 4 is 76.4 Å². The van der Waals surface area contributed by atoms with Gasteiger partial charge >= 0.3 is 0 Å². The lowest BCUT2D eigenvalue weighted by molar-refractivity contribution is -0.286. The predicted octanol–water partition coefficient (Wildman–Crippen LogP) is 3.47. The summed E-state index contributed by atoms with van der Waals surface area (Å²) >= 11 is 14.5. The van der Waals surface area contributed by atoms with Gasteiger partial charge in [-0.15, -0.1) is 0 Å². The normalized spacial score (nSPS) is 30.6. The molecular weight excluding hydrogens is 1640 g/mol. The number of rotatable bonds is 18. The van der Waals surface area contributed by atoms with Crippen molar-refractivity contribution in [2.75, 3.05) is 26.9 Å². The zero-order chi connectivity index (χ0) is 88.1. The minimum absolute atomic E-state index is 0.0561. The summed E-state index contributed by atoms with van der Waals surface area (Å²) in [6, 6.07) is 5.35. The quantitative estimate of drug-likeness (QED) is 0.0586. The van der Waals surface area contributed by atoms with Crippen LogP contribution in [-0.4, -0.2) is 210 Å². The van der Waals surface area contributed by atoms with Gasteiger partial charge < -0.3 is 128 Å². The third kappa shape index (κ3) is 19.0. The Labute approximate surface area is 715 Å². The lowest BCUT2D eigenvalue weighted by atomic mass is 9.54. The second-order valence-corrected chi connectivity index (χ2v) is 34.7. The SMILES string of the molecule is CN[C@H](CC(C)C)C(=O)N[C@H]1C(=O)N[C@@H](CC(=O)NC(=O)c2ccc(OCCO)cc2)C(=O)N[C@H]2C(=O)N[C@H]3C(=O)N[C@H](C(=O)N[C@H](C(=O)NC4C5CC6CC(C5)CC4C6)c4cc(O)cc(O)c4-c4cc3ccc4O)[C@H](O)c3ccc(c(Cl)c3)Oc3cc2cc(c3O[C@@H]2C[C@H](CO)[C@@H](O)[C@H](O)[C@H]2O[C@H]2C[C@](C)(N)[C@H](O)[C@H](C)O2)Oc2ccc(cc2Cl)[C@H]1O. The molecule has 0 unspecified atom stereocenters. The van der Waals surface area contributed by atoms with E-state index in [1.165, 1.54) is 62.5 Å². The van der Waals surface area contributed by atoms with Crippen LogP contribution >= 0.6 is 23.2 Å². The zero-order valence-electron chi connectivity index (χ0n) is 67.5. The van der Waals surface area contributed by atoms with E-state index in [1.807, 2.05) is 13.8 Å². The summed E-state index contributed by atoms with van der Waals surface area (Å²) in [5.41, 5.74) is 2.90. The number of carbonyl (C=O) groups is 9. The number of amides is 9. The van der Waals surface area contributed by atoms with Crippen molar-refractivity contribution in [1.82, 2.24) is 47.9 Å². The molecule has 9 amide bonds. The molecule has 37 heteroatoms. The Bertz CT molecular complexity index is 5030. The molecular formula is C86H100Cl2N10O25. The number of hydrogen-bond acceptors (Lipinski definition) is 27. The molecule has 18 atom stereocenters. The number of ether oxygens (including phenoxy) is 6. The summed E-state index contributed by atoms with van der Waals surface area (Å²) < 4.78 is 38.7. The number of likely N-dealkylation sites (N-methyl/N-ethyl adjacent to an activating group) is 1. The van der Waals surface area contributed by atoms with Crippen molar-refractivity contribution in [3.05, 3.63) is 147 Å². The molecule has 0 radical (unpaired) electrons. The van der Waals surface area contributed by atoms with Gasteiger partial charge in [0.15, 0.2) is 17.8 Å². The molecule has 21 N–H and O–H groups in total. The van der Waals surface area contributed by atoms with E-state index < -0.39 is 226 Å². The van der Waals surface area contributed by atoms with Gasteiger partial charge in [0.1, 0.15) is 108 Å². The number of nitrogens with two attached hydrogens (primary N) is 1. The first-order valence-corrected chi connectivity index (χ1v) is 41.6. The second kappa shape index (κ2) is 36.7. The highest BCUT2D eigenvalue weighted by atomic mass is 35.5. The summed E-state index contributed by atoms with van der Waals surface area (Å²) in [6.07, 6.45) is -12.0. The fourth-order valence-corrected chi connectivity index (χ4v) is 18.9. The summed E-state index contributed by atoms with van der Waals surface area (Å²) in [4.78, 5) is 139. The Morgan fingerprint density at radius 1 is 0.659 bits per heavy atom. The molecule has 123 heavy (non-hydrogen) atoms. The number of nitrogens with one attached hydrogen (secondary N) is 9. The lowest BCUT2D eigenvalue weighted by Crippen LogP contribution is -2.63. The van der Waals surface area contributed by atoms with Crippen LogP contribution in [0.3, 0.4) is 0 Å². The molecule has 0 spiro atoms. The van der Waals surface area contributed by atoms with Crippen LogP contribution in [0.2, 0.25) is 10.0 Å². The number of imide groups is 1. The third-order valence-electron chi connectivity index (χ3n) is 24.6. The molecule has 17 rings (SSSR count). The Balaban J connectivity index is 0.966. The Hall–Kier alpha value is -10.5. The molecule has 1 saturated heterocycles. The first kappa shape index (κ1) is 88.8. The molecule has 35 nitrogen and oxygen atoms in total. The van der Waals surface area contributed by atoms with Crippen LogP contribution in [0.5, 0.6) is 51.7 Å². The van der Waals surface area contributed by atoms with Gasteiger partial charge in [-0.2, -0.15) is 0 Å². The number of benzene rings is 6. The van der Waals surface area contributed by atoms with E-state index in [-0.39, 0.29) is 111 Å². The average molecular weight is 1740 g/mol. The van der Waals surface area contributed by atoms with E-state index in [1.54, 1.807) is 6.92 Å². The number of aliphatic hydroxyl groups excluding tert-OH is 7. The molecule has 6 fully saturated rings. The topological polar surface area (TPSA) is 546 Å². The highest BCUT2D eigenvalue weighted by Gasteiger charge is 2.53. The molecule has 6 aliphatic heterocycles. The molecule has 6 aromatic carbocycles. The Morgan fingerprint density at radius 3 is 1.89 bits per heavy atom. The van der Waals surface area contributed by atoms with E-state index in [0.717, 1.165) is 86.7 Å². The van der Waals surface area contributed by atoms with Gasteiger partial charge in [-0.3, -0.25) is 48.5 Å². The van der Waals surface area contributed by atoms with Crippen LogP contribution in [0.1, 0.15) is 154 Å². The van der Waals surface area contributed by atoms with Gasteiger partial charge in [-0.1, -0.05) is 55.2 Å². The average Bonchev–Trinajstić information content (AvgIpc) is 0.760. The predicted molar refractivity (Wildman–Crippen MR) is 436 cm³/mol. The number of fused-ring (bicyclic) bond motifs is 15. The van der Waals surface area contributed by atoms with Crippen molar-refractivity contribution in [3.8, 4) is 62.9 Å². The van der Waals surface area contributed by atoms with Crippen LogP contribution in [0.4, 0.5) is 0 Å². The van der Waals surface area contributed by atoms with E-state index in [2.05, 4.69) is 47.9 Å². The summed E-state index contributed by atoms with van der Waals surface area (Å²) in [5, 5.41) is 140. The van der Waals surface area contributed by atoms with Crippen molar-refractivity contribution in [2.45, 2.75) is 194 Å². The summed E-state index contributed by atoms with van der Waals surface area (Å²) in [7, 11) is 1.47. The monoisotopic (exact) mass is 1740 g/mol. The van der Waals surface area contributed by atoms with Crippen LogP contribution < -0.4 is 72.5 Å². The first-order chi connectivity index (χ1) is 58.5. The van der Waals surface area contributed by atoms with Crippen LogP contribution in [0.25, 0.3) is 11.1 Å². The Morgan fingerprint density at radius 2 is 1.28 bits per heavy atom. The number of carbonyl (C=O) groups excluding carboxylic acids is 9. The fraction of sp³-hybridized carbons (Fsp3) is 0.477. The van der Waals surface area contributed by atoms with E-state index >= 15 is 28.8 Å². The number of phenolic OH excluding ortho intramolecular Hbond substituents is 3. The summed E-state index contributed by atoms with van der Waals surface area (Å²) in [5.74, 6) is -15.4. The molecule has 6 aromatic rings. The number of hydrogen-bond donors (Lipinski definition) is 20. The standard InChI is InChI=1S/C86H100Cl2N10O25/c1-35(2)18-53(90-5)79(111)97-69-71(105)41-9-14-57(51(87)25-41)120-59-27-45-28-60(75(59)122-61-29-46(34-100)73(107)74(108)76(61)123-63-33-86(4,89)77(109)36(3)119-63)121-58-15-10-42(26-52(58)88)72(106)70-85(117)96-68(83(115)93-65-43-20-37-19-38(22-43)23-44(65)21-37)50-30-47(101)31-56(103)64(50)49-24-40(8-13-55(49)102)66(81(113)98-70)95-82(114)67(45)94-80(112)54(91-84(69)116)32-62(104)92-78(110)39-6-11-48(12-7-39)118-17-16-99/h6-15,24-28,30-31,35-38,43-44,46,53-54,61,63,65-74,76-77,90,99-103,105-109H,16-23,29,32-34,89H2,1-5H3,(H,91,116)(H,93,115)(H,94,112)(H,95,114)(H,96,117)(H,97,111)(H,98,113)(H,92,104,110)/t36-,37?,38?,43?,44?,46+,53+,54-,61+,63-,65?,66+,67+,68-,69+,70-,71+,72+,73+,74-,76-,77+,86-/m0/s1. The van der Waals surface area contributed by atoms with Crippen molar-refractivity contribution < 1.29 is 123 Å². The molecule has 11 aliphatic rings. The minimum atomic E-state index is -2.40. The lowest BCUT2D eigenvalue weighted by Gasteiger charge is -2.54. The van der Waals surface area contributed by atoms with E-state index in [9.17, 15) is 65.4 Å². The molecule has 5 aliphatic carbocycles. The van der Waals surface area contributed by atoms with Gasteiger partial charge in [-0.25, -0.2) is 0 Å². The van der Waals surface area contributed by atoms with E-state index in [4.69, 9.17) is 57.4 Å². The largest absolute Gasteiger partial charge is 0.508 e. The highest BCUT2D eigenvalue weighted by Crippen LogP contribution is 2.55. The van der Waals surface area contributed by atoms with E-state index in [0.29, 0.717) is 11.8 Å². The zero-order valence-corrected chi connectivity index (χ0v) is 69.0. The molecule has 15 bridgehead atoms. The third-order valence-corrected chi connectivity index (χ3v) is 25.1. The van der Waals surface area contributed by atoms with Gasteiger partial charge in [0.2, 0.25) is 53.0 Å². The molecule has 658 valence electrons. The second-order valence-electron chi connectivity index (χ2n) is 33.8. The number of phenols is 3. The molecule has 0 aromatic heterocycles. The van der Waals surface area contributed by atoms with Crippen molar-refractivity contribution in [3.63, 3.8) is 0 Å². The van der Waals surface area contributed by atoms with Gasteiger partial charge in [0.05, 0.1) is 47.4 Å². The van der Waals surface area contributed by atoms with Crippen LogP contribution in [0.15, 0.2) is 103 Å². The molecule has 6 heterocycles. The number of halogens is 2. The number of aliphatic hydroxyl groups is 7. The fourth-order valence-electron chi connectivity index (χ4n) is 18.5. The van der Waals surface area contributed by atoms with Crippen molar-refractivity contribution in [2.24, 2.45) is 41.2 Å². The Kier molecular flexibility index (Phi) is 26.5. The van der Waals surface area contributed by atoms with Crippen LogP contribution in [0, 0.1) is 35.5 Å². The van der Waals surface area contributed by atoms with Gasteiger partial charge in [0.25, 0.3) is 5.91 Å². The molecule has 5 saturated carbocycles. The van der Waals surface area contributed by atoms with Gasteiger partial charge in [0, 0.05) is 53.3 Å². The maximum Gasteiger partial charge on any atom is 0.257 e. The highest BCUT2D eigenvalue weighted by molar-refractivity contribution is 6.32. The van der Waals surface area contributed by atoms with Gasteiger partial charge in [-0.05, 0) is 202 Å².